The molecule has 3 atom stereocenters. The fourth-order valence-corrected chi connectivity index (χ4v) is 4.79. The van der Waals surface area contributed by atoms with Crippen LogP contribution in [0.1, 0.15) is 55.9 Å². The molecule has 0 aliphatic rings. The summed E-state index contributed by atoms with van der Waals surface area (Å²) in [5, 5.41) is 19.4. The Bertz CT molecular complexity index is 1590. The Morgan fingerprint density at radius 2 is 1.38 bits per heavy atom. The summed E-state index contributed by atoms with van der Waals surface area (Å²) in [6, 6.07) is 21.4. The molecular formula is C34H32F5N3O3. The summed E-state index contributed by atoms with van der Waals surface area (Å²) in [7, 11) is 0. The summed E-state index contributed by atoms with van der Waals surface area (Å²) in [5.41, 5.74) is 0.893. The van der Waals surface area contributed by atoms with Crippen molar-refractivity contribution in [2.45, 2.75) is 44.3 Å². The maximum absolute atomic E-state index is 13.9. The lowest BCUT2D eigenvalue weighted by molar-refractivity contribution is -0.137. The number of benzene rings is 4. The van der Waals surface area contributed by atoms with Gasteiger partial charge in [0, 0.05) is 30.3 Å². The van der Waals surface area contributed by atoms with Crippen LogP contribution in [0.15, 0.2) is 97.1 Å². The SMILES string of the molecule is C[C@@H](NC(=O)c1cccc(C(=O)N[C@@H](Cc2cc(F)cc(F)c2)[C@H](O)CNCc2cccc(C(F)(F)F)c2)c1)c1ccccc1. The van der Waals surface area contributed by atoms with E-state index in [2.05, 4.69) is 16.0 Å². The molecule has 0 bridgehead atoms. The van der Waals surface area contributed by atoms with Crippen LogP contribution >= 0.6 is 0 Å². The lowest BCUT2D eigenvalue weighted by Crippen LogP contribution is -2.48. The normalized spacial score (nSPS) is 13.5. The number of amides is 2. The number of aliphatic hydroxyl groups is 1. The molecule has 4 rings (SSSR count). The summed E-state index contributed by atoms with van der Waals surface area (Å²) in [6.07, 6.45) is -5.99. The Kier molecular flexibility index (Phi) is 11.0. The summed E-state index contributed by atoms with van der Waals surface area (Å²) < 4.78 is 67.0. The summed E-state index contributed by atoms with van der Waals surface area (Å²) in [4.78, 5) is 26.2. The lowest BCUT2D eigenvalue weighted by atomic mass is 9.99. The van der Waals surface area contributed by atoms with Crippen LogP contribution in [0.5, 0.6) is 0 Å². The molecule has 4 aromatic rings. The molecule has 0 radical (unpaired) electrons. The van der Waals surface area contributed by atoms with Crippen LogP contribution in [-0.2, 0) is 19.1 Å². The van der Waals surface area contributed by atoms with Gasteiger partial charge in [-0.05, 0) is 66.4 Å². The largest absolute Gasteiger partial charge is 0.416 e. The molecule has 0 saturated heterocycles. The van der Waals surface area contributed by atoms with Crippen molar-refractivity contribution in [2.24, 2.45) is 0 Å². The van der Waals surface area contributed by atoms with Crippen LogP contribution in [0.2, 0.25) is 0 Å². The molecule has 0 saturated carbocycles. The maximum Gasteiger partial charge on any atom is 0.416 e. The van der Waals surface area contributed by atoms with Gasteiger partial charge in [0.05, 0.1) is 23.8 Å². The molecule has 0 unspecified atom stereocenters. The first-order valence-electron chi connectivity index (χ1n) is 14.2. The Hall–Kier alpha value is -4.61. The number of alkyl halides is 3. The van der Waals surface area contributed by atoms with E-state index in [1.165, 1.54) is 30.3 Å². The average molecular weight is 626 g/mol. The van der Waals surface area contributed by atoms with E-state index in [1.807, 2.05) is 37.3 Å². The minimum Gasteiger partial charge on any atom is -0.390 e. The van der Waals surface area contributed by atoms with Crippen molar-refractivity contribution >= 4 is 11.8 Å². The molecule has 0 fully saturated rings. The van der Waals surface area contributed by atoms with Crippen LogP contribution in [0, 0.1) is 11.6 Å². The maximum atomic E-state index is 13.9. The van der Waals surface area contributed by atoms with Gasteiger partial charge in [-0.15, -0.1) is 0 Å². The predicted octanol–water partition coefficient (Wildman–Crippen LogP) is 5.97. The van der Waals surface area contributed by atoms with Gasteiger partial charge in [0.25, 0.3) is 11.8 Å². The fraction of sp³-hybridized carbons (Fsp3) is 0.235. The van der Waals surface area contributed by atoms with Gasteiger partial charge in [0.15, 0.2) is 0 Å². The predicted molar refractivity (Wildman–Crippen MR) is 159 cm³/mol. The molecule has 0 spiro atoms. The van der Waals surface area contributed by atoms with E-state index in [9.17, 15) is 36.6 Å². The van der Waals surface area contributed by atoms with Gasteiger partial charge in [0.2, 0.25) is 0 Å². The minimum absolute atomic E-state index is 0.0190. The first-order valence-corrected chi connectivity index (χ1v) is 14.2. The number of carbonyl (C=O) groups is 2. The summed E-state index contributed by atoms with van der Waals surface area (Å²) >= 11 is 0. The second-order valence-electron chi connectivity index (χ2n) is 10.6. The van der Waals surface area contributed by atoms with E-state index in [4.69, 9.17) is 0 Å². The van der Waals surface area contributed by atoms with Gasteiger partial charge in [-0.25, -0.2) is 8.78 Å². The third-order valence-corrected chi connectivity index (χ3v) is 7.13. The Morgan fingerprint density at radius 3 is 2.02 bits per heavy atom. The second kappa shape index (κ2) is 14.9. The van der Waals surface area contributed by atoms with Gasteiger partial charge in [-0.3, -0.25) is 9.59 Å². The molecule has 4 N–H and O–H groups in total. The van der Waals surface area contributed by atoms with E-state index in [-0.39, 0.29) is 42.2 Å². The Morgan fingerprint density at radius 1 is 0.756 bits per heavy atom. The Labute approximate surface area is 257 Å². The molecule has 45 heavy (non-hydrogen) atoms. The van der Waals surface area contributed by atoms with Crippen LogP contribution < -0.4 is 16.0 Å². The Balaban J connectivity index is 1.46. The van der Waals surface area contributed by atoms with Crippen molar-refractivity contribution in [2.75, 3.05) is 6.54 Å². The van der Waals surface area contributed by atoms with Crippen LogP contribution in [0.3, 0.4) is 0 Å². The van der Waals surface area contributed by atoms with Gasteiger partial charge in [0.1, 0.15) is 11.6 Å². The van der Waals surface area contributed by atoms with Crippen molar-refractivity contribution < 1.29 is 36.6 Å². The molecule has 0 aromatic heterocycles. The highest BCUT2D eigenvalue weighted by atomic mass is 19.4. The second-order valence-corrected chi connectivity index (χ2v) is 10.6. The quantitative estimate of drug-likeness (QED) is 0.146. The average Bonchev–Trinajstić information content (AvgIpc) is 3.00. The molecule has 236 valence electrons. The molecular weight excluding hydrogens is 593 g/mol. The van der Waals surface area contributed by atoms with Crippen molar-refractivity contribution in [3.63, 3.8) is 0 Å². The first-order chi connectivity index (χ1) is 21.4. The number of aliphatic hydroxyl groups excluding tert-OH is 1. The highest BCUT2D eigenvalue weighted by molar-refractivity contribution is 5.99. The fourth-order valence-electron chi connectivity index (χ4n) is 4.79. The molecule has 2 amide bonds. The smallest absolute Gasteiger partial charge is 0.390 e. The summed E-state index contributed by atoms with van der Waals surface area (Å²) in [5.74, 6) is -2.74. The number of rotatable bonds is 12. The minimum atomic E-state index is -4.51. The van der Waals surface area contributed by atoms with Crippen LogP contribution in [-0.4, -0.2) is 35.6 Å². The van der Waals surface area contributed by atoms with Gasteiger partial charge in [-0.2, -0.15) is 13.2 Å². The summed E-state index contributed by atoms with van der Waals surface area (Å²) in [6.45, 7) is 1.64. The highest BCUT2D eigenvalue weighted by Gasteiger charge is 2.30. The molecule has 0 aliphatic carbocycles. The highest BCUT2D eigenvalue weighted by Crippen LogP contribution is 2.29. The van der Waals surface area contributed by atoms with E-state index in [1.54, 1.807) is 6.07 Å². The van der Waals surface area contributed by atoms with E-state index in [0.29, 0.717) is 11.6 Å². The van der Waals surface area contributed by atoms with Gasteiger partial charge < -0.3 is 21.1 Å². The number of carbonyl (C=O) groups excluding carboxylic acids is 2. The molecule has 4 aromatic carbocycles. The topological polar surface area (TPSA) is 90.5 Å². The van der Waals surface area contributed by atoms with Gasteiger partial charge >= 0.3 is 6.18 Å². The van der Waals surface area contributed by atoms with Gasteiger partial charge in [-0.1, -0.05) is 54.6 Å². The van der Waals surface area contributed by atoms with E-state index >= 15 is 0 Å². The molecule has 0 aliphatic heterocycles. The standard InChI is InChI=1S/C34H32F5N3O3/c1-21(24-8-3-2-4-9-24)41-32(44)25-10-6-11-26(17-25)33(45)42-30(16-23-14-28(35)18-29(36)15-23)31(43)20-40-19-22-7-5-12-27(13-22)34(37,38)39/h2-15,17-18,21,30-31,40,43H,16,19-20H2,1H3,(H,41,44)(H,42,45)/t21-,30+,31-/m1/s1. The van der Waals surface area contributed by atoms with Crippen LogP contribution in [0.4, 0.5) is 22.0 Å². The third kappa shape index (κ3) is 9.69. The van der Waals surface area contributed by atoms with E-state index < -0.39 is 47.3 Å². The zero-order valence-electron chi connectivity index (χ0n) is 24.2. The van der Waals surface area contributed by atoms with Crippen LogP contribution in [0.25, 0.3) is 0 Å². The number of hydrogen-bond donors (Lipinski definition) is 4. The lowest BCUT2D eigenvalue weighted by Gasteiger charge is -2.25. The van der Waals surface area contributed by atoms with Crippen molar-refractivity contribution in [1.29, 1.82) is 0 Å². The first kappa shape index (κ1) is 33.3. The zero-order chi connectivity index (χ0) is 32.6. The van der Waals surface area contributed by atoms with E-state index in [0.717, 1.165) is 29.8 Å². The third-order valence-electron chi connectivity index (χ3n) is 7.13. The van der Waals surface area contributed by atoms with Crippen molar-refractivity contribution in [3.05, 3.63) is 142 Å². The van der Waals surface area contributed by atoms with Crippen molar-refractivity contribution in [3.8, 4) is 0 Å². The van der Waals surface area contributed by atoms with Crippen molar-refractivity contribution in [1.82, 2.24) is 16.0 Å². The zero-order valence-corrected chi connectivity index (χ0v) is 24.2. The molecule has 6 nitrogen and oxygen atoms in total. The number of halogens is 5. The number of nitrogens with one attached hydrogen (secondary N) is 3. The number of hydrogen-bond acceptors (Lipinski definition) is 4. The monoisotopic (exact) mass is 625 g/mol. The molecule has 11 heteroatoms. The molecule has 0 heterocycles.